The van der Waals surface area contributed by atoms with E-state index in [0.717, 1.165) is 0 Å². The predicted molar refractivity (Wildman–Crippen MR) is 80.1 cm³/mol. The number of rotatable bonds is 12. The van der Waals surface area contributed by atoms with Crippen molar-refractivity contribution in [2.45, 2.75) is 88.0 Å². The van der Waals surface area contributed by atoms with E-state index in [9.17, 15) is 0 Å². The van der Waals surface area contributed by atoms with E-state index in [4.69, 9.17) is 19.2 Å². The number of hydrogen-bond donors (Lipinski definition) is 3. The van der Waals surface area contributed by atoms with Crippen LogP contribution in [0.3, 0.4) is 0 Å². The summed E-state index contributed by atoms with van der Waals surface area (Å²) in [5.74, 6) is 0. The van der Waals surface area contributed by atoms with Gasteiger partial charge in [0.2, 0.25) is 0 Å². The Labute approximate surface area is 140 Å². The molecule has 0 atom stereocenters. The maximum absolute atomic E-state index is 8.88. The van der Waals surface area contributed by atoms with Gasteiger partial charge in [-0.1, -0.05) is 13.3 Å². The molecule has 0 aromatic heterocycles. The van der Waals surface area contributed by atoms with Gasteiger partial charge in [-0.2, -0.15) is 0 Å². The molecule has 6 heteroatoms. The Morgan fingerprint density at radius 1 is 0.700 bits per heavy atom. The Balaban J connectivity index is 0. The van der Waals surface area contributed by atoms with Crippen molar-refractivity contribution in [3.8, 4) is 0 Å². The Kier molecular flexibility index (Phi) is 21.1. The fourth-order valence-electron chi connectivity index (χ4n) is 2.02. The van der Waals surface area contributed by atoms with Crippen LogP contribution < -0.4 is 0 Å². The van der Waals surface area contributed by atoms with Crippen molar-refractivity contribution >= 4 is 7.82 Å². The first kappa shape index (κ1) is 23.3. The molecule has 0 unspecified atom stereocenters. The van der Waals surface area contributed by atoms with Crippen molar-refractivity contribution in [2.24, 2.45) is 0 Å². The summed E-state index contributed by atoms with van der Waals surface area (Å²) in [6, 6.07) is 0. The van der Waals surface area contributed by atoms with Crippen LogP contribution in [0.25, 0.3) is 0 Å². The van der Waals surface area contributed by atoms with E-state index in [1.54, 1.807) is 3.98 Å². The van der Waals surface area contributed by atoms with Crippen LogP contribution >= 0.6 is 7.82 Å². The molecule has 3 N–H and O–H groups in total. The van der Waals surface area contributed by atoms with E-state index in [1.807, 2.05) is 0 Å². The molecular weight excluding hydrogens is 376 g/mol. The standard InChI is InChI=1S/C14H29.Cd.H3O4P/c1-3-5-7-9-11-13-14-12-10-8-6-4-2;;1-5(2,3)4/h1,3-14H2,2H3;;(H3,1,2,3,4). The Hall–Kier alpha value is 1.03. The van der Waals surface area contributed by atoms with Crippen molar-refractivity contribution in [2.75, 3.05) is 0 Å². The summed E-state index contributed by atoms with van der Waals surface area (Å²) < 4.78 is 10.4. The van der Waals surface area contributed by atoms with Crippen molar-refractivity contribution < 1.29 is 45.0 Å². The zero-order chi connectivity index (χ0) is 15.7. The minimum absolute atomic E-state index is 1.21. The van der Waals surface area contributed by atoms with E-state index >= 15 is 0 Å². The smallest absolute Gasteiger partial charge is 0.303 e. The third-order valence-corrected chi connectivity index (χ3v) is 4.53. The molecule has 0 heterocycles. The molecule has 4 nitrogen and oxygen atoms in total. The second-order valence-electron chi connectivity index (χ2n) is 5.26. The van der Waals surface area contributed by atoms with Crippen LogP contribution in [0.4, 0.5) is 0 Å². The van der Waals surface area contributed by atoms with E-state index < -0.39 is 7.82 Å². The normalized spacial score (nSPS) is 11.1. The fraction of sp³-hybridized carbons (Fsp3) is 1.00. The van der Waals surface area contributed by atoms with E-state index in [0.29, 0.717) is 0 Å². The molecule has 0 aromatic rings. The van der Waals surface area contributed by atoms with Gasteiger partial charge < -0.3 is 14.7 Å². The largest absolute Gasteiger partial charge is 0.466 e. The van der Waals surface area contributed by atoms with Gasteiger partial charge in [0.1, 0.15) is 0 Å². The summed E-state index contributed by atoms with van der Waals surface area (Å²) in [6.07, 6.45) is 17.8. The third-order valence-electron chi connectivity index (χ3n) is 3.10. The number of phosphoric acid groups is 1. The molecule has 0 fully saturated rings. The molecule has 0 saturated carbocycles. The van der Waals surface area contributed by atoms with Gasteiger partial charge in [-0.05, 0) is 0 Å². The van der Waals surface area contributed by atoms with Gasteiger partial charge in [-0.15, -0.1) is 0 Å². The molecule has 0 aliphatic carbocycles. The molecule has 0 amide bonds. The first-order valence-electron chi connectivity index (χ1n) is 7.99. The first-order valence-corrected chi connectivity index (χ1v) is 12.4. The topological polar surface area (TPSA) is 77.8 Å². The monoisotopic (exact) mass is 409 g/mol. The van der Waals surface area contributed by atoms with E-state index in [2.05, 4.69) is 6.92 Å². The minimum Gasteiger partial charge on any atom is -0.303 e. The van der Waals surface area contributed by atoms with Gasteiger partial charge in [0.25, 0.3) is 0 Å². The Morgan fingerprint density at radius 2 is 0.950 bits per heavy atom. The summed E-state index contributed by atoms with van der Waals surface area (Å²) in [7, 11) is -4.64. The van der Waals surface area contributed by atoms with Crippen LogP contribution in [0.1, 0.15) is 84.0 Å². The van der Waals surface area contributed by atoms with Crippen molar-refractivity contribution in [3.05, 3.63) is 0 Å². The fourth-order valence-corrected chi connectivity index (χ4v) is 3.03. The zero-order valence-electron chi connectivity index (χ0n) is 13.1. The van der Waals surface area contributed by atoms with Crippen LogP contribution in [-0.4, -0.2) is 14.7 Å². The summed E-state index contributed by atoms with van der Waals surface area (Å²) in [5.41, 5.74) is 0. The molecule has 119 valence electrons. The molecule has 0 bridgehead atoms. The number of unbranched alkanes of at least 4 members (excludes halogenated alkanes) is 11. The average Bonchev–Trinajstić information content (AvgIpc) is 2.34. The minimum atomic E-state index is -4.64. The molecule has 0 aliphatic rings. The maximum atomic E-state index is 8.88. The van der Waals surface area contributed by atoms with Gasteiger partial charge in [-0.3, -0.25) is 0 Å². The van der Waals surface area contributed by atoms with Gasteiger partial charge in [-0.25, -0.2) is 4.57 Å². The van der Waals surface area contributed by atoms with Crippen LogP contribution in [0.2, 0.25) is 3.98 Å². The van der Waals surface area contributed by atoms with Crippen molar-refractivity contribution in [1.82, 2.24) is 0 Å². The van der Waals surface area contributed by atoms with Crippen LogP contribution in [0, 0.1) is 0 Å². The molecular formula is C14H32CdO4P. The zero-order valence-corrected chi connectivity index (χ0v) is 18.0. The third kappa shape index (κ3) is 36.4. The molecule has 0 rings (SSSR count). The molecule has 0 aliphatic heterocycles. The quantitative estimate of drug-likeness (QED) is 0.248. The van der Waals surface area contributed by atoms with Crippen molar-refractivity contribution in [3.63, 3.8) is 0 Å². The first-order chi connectivity index (χ1) is 9.41. The summed E-state index contributed by atoms with van der Waals surface area (Å²) >= 11 is 1.21. The average molecular weight is 408 g/mol. The molecule has 0 aromatic carbocycles. The second-order valence-corrected chi connectivity index (χ2v) is 8.30. The van der Waals surface area contributed by atoms with Crippen LogP contribution in [0.15, 0.2) is 0 Å². The van der Waals surface area contributed by atoms with E-state index in [-0.39, 0.29) is 0 Å². The molecule has 0 radical (unpaired) electrons. The SMILES string of the molecule is CCCCCCCCCCCCC[CH2][Cd].O=P(O)(O)O. The second kappa shape index (κ2) is 18.1. The van der Waals surface area contributed by atoms with Crippen LogP contribution in [0.5, 0.6) is 0 Å². The van der Waals surface area contributed by atoms with E-state index in [1.165, 1.54) is 103 Å². The Bertz CT molecular complexity index is 201. The van der Waals surface area contributed by atoms with Crippen LogP contribution in [-0.2, 0) is 30.3 Å². The predicted octanol–water partition coefficient (Wildman–Crippen LogP) is 4.72. The molecule has 20 heavy (non-hydrogen) atoms. The summed E-state index contributed by atoms with van der Waals surface area (Å²) in [5, 5.41) is 0. The summed E-state index contributed by atoms with van der Waals surface area (Å²) in [6.45, 7) is 2.29. The van der Waals surface area contributed by atoms with Crippen molar-refractivity contribution in [1.29, 1.82) is 0 Å². The van der Waals surface area contributed by atoms with Gasteiger partial charge in [0.15, 0.2) is 0 Å². The van der Waals surface area contributed by atoms with Gasteiger partial charge >= 0.3 is 108 Å². The molecule has 0 spiro atoms. The Morgan fingerprint density at radius 3 is 1.20 bits per heavy atom. The van der Waals surface area contributed by atoms with Gasteiger partial charge in [0, 0.05) is 0 Å². The summed E-state index contributed by atoms with van der Waals surface area (Å²) in [4.78, 5) is 21.6. The van der Waals surface area contributed by atoms with Gasteiger partial charge in [0.05, 0.1) is 0 Å². The molecule has 0 saturated heterocycles. The number of hydrogen-bond acceptors (Lipinski definition) is 1. The maximum Gasteiger partial charge on any atom is 0.466 e.